The van der Waals surface area contributed by atoms with Crippen LogP contribution in [0, 0.1) is 0 Å². The molecule has 0 radical (unpaired) electrons. The van der Waals surface area contributed by atoms with Crippen LogP contribution in [0.5, 0.6) is 0 Å². The SMILES string of the molecule is COC[C@@H]1CCCN1[C@H](C)C(=O)O. The van der Waals surface area contributed by atoms with Crippen LogP contribution in [0.25, 0.3) is 0 Å². The van der Waals surface area contributed by atoms with Crippen LogP contribution < -0.4 is 0 Å². The summed E-state index contributed by atoms with van der Waals surface area (Å²) in [5, 5.41) is 8.85. The fraction of sp³-hybridized carbons (Fsp3) is 0.889. The zero-order valence-electron chi connectivity index (χ0n) is 8.19. The second-order valence-corrected chi connectivity index (χ2v) is 3.50. The highest BCUT2D eigenvalue weighted by molar-refractivity contribution is 5.73. The summed E-state index contributed by atoms with van der Waals surface area (Å²) in [5.74, 6) is -0.747. The van der Waals surface area contributed by atoms with Gasteiger partial charge in [-0.05, 0) is 26.3 Å². The minimum atomic E-state index is -0.747. The summed E-state index contributed by atoms with van der Waals surface area (Å²) in [7, 11) is 1.65. The summed E-state index contributed by atoms with van der Waals surface area (Å²) in [6.45, 7) is 3.25. The number of carboxylic acid groups (broad SMARTS) is 1. The molecule has 4 nitrogen and oxygen atoms in total. The van der Waals surface area contributed by atoms with Crippen molar-refractivity contribution < 1.29 is 14.6 Å². The van der Waals surface area contributed by atoms with Gasteiger partial charge in [-0.25, -0.2) is 0 Å². The Morgan fingerprint density at radius 1 is 1.77 bits per heavy atom. The van der Waals surface area contributed by atoms with Crippen molar-refractivity contribution in [3.8, 4) is 0 Å². The van der Waals surface area contributed by atoms with Gasteiger partial charge in [0, 0.05) is 13.2 Å². The molecular weight excluding hydrogens is 170 g/mol. The van der Waals surface area contributed by atoms with E-state index in [1.807, 2.05) is 4.90 Å². The largest absolute Gasteiger partial charge is 0.480 e. The Bertz CT molecular complexity index is 184. The van der Waals surface area contributed by atoms with Gasteiger partial charge < -0.3 is 9.84 Å². The summed E-state index contributed by atoms with van der Waals surface area (Å²) in [5.41, 5.74) is 0. The van der Waals surface area contributed by atoms with Crippen molar-refractivity contribution in [2.75, 3.05) is 20.3 Å². The van der Waals surface area contributed by atoms with Crippen LogP contribution in [0.4, 0.5) is 0 Å². The molecule has 1 aliphatic heterocycles. The number of nitrogens with zero attached hydrogens (tertiary/aromatic N) is 1. The minimum absolute atomic E-state index is 0.288. The van der Waals surface area contributed by atoms with E-state index in [1.54, 1.807) is 14.0 Å². The first kappa shape index (κ1) is 10.5. The minimum Gasteiger partial charge on any atom is -0.480 e. The summed E-state index contributed by atoms with van der Waals surface area (Å²) >= 11 is 0. The lowest BCUT2D eigenvalue weighted by Crippen LogP contribution is -2.43. The second kappa shape index (κ2) is 4.58. The first-order valence-corrected chi connectivity index (χ1v) is 4.64. The van der Waals surface area contributed by atoms with Gasteiger partial charge in [-0.3, -0.25) is 9.69 Å². The van der Waals surface area contributed by atoms with Crippen LogP contribution in [0.15, 0.2) is 0 Å². The number of aliphatic carboxylic acids is 1. The van der Waals surface area contributed by atoms with Crippen molar-refractivity contribution in [1.82, 2.24) is 4.90 Å². The van der Waals surface area contributed by atoms with Gasteiger partial charge in [-0.1, -0.05) is 0 Å². The fourth-order valence-corrected chi connectivity index (χ4v) is 1.88. The molecule has 4 heteroatoms. The monoisotopic (exact) mass is 187 g/mol. The third kappa shape index (κ3) is 2.42. The molecule has 1 heterocycles. The maximum absolute atomic E-state index is 10.8. The molecule has 0 aromatic carbocycles. The third-order valence-electron chi connectivity index (χ3n) is 2.64. The number of hydrogen-bond donors (Lipinski definition) is 1. The number of ether oxygens (including phenoxy) is 1. The van der Waals surface area contributed by atoms with E-state index in [4.69, 9.17) is 9.84 Å². The molecule has 1 fully saturated rings. The highest BCUT2D eigenvalue weighted by Crippen LogP contribution is 2.20. The molecule has 13 heavy (non-hydrogen) atoms. The Balaban J connectivity index is 2.51. The smallest absolute Gasteiger partial charge is 0.320 e. The van der Waals surface area contributed by atoms with E-state index >= 15 is 0 Å². The zero-order chi connectivity index (χ0) is 9.84. The summed E-state index contributed by atoms with van der Waals surface area (Å²) in [6.07, 6.45) is 2.12. The first-order chi connectivity index (χ1) is 6.16. The predicted molar refractivity (Wildman–Crippen MR) is 48.7 cm³/mol. The summed E-state index contributed by atoms with van der Waals surface area (Å²) < 4.78 is 5.05. The van der Waals surface area contributed by atoms with Gasteiger partial charge >= 0.3 is 5.97 Å². The number of likely N-dealkylation sites (tertiary alicyclic amines) is 1. The van der Waals surface area contributed by atoms with Crippen molar-refractivity contribution in [1.29, 1.82) is 0 Å². The highest BCUT2D eigenvalue weighted by atomic mass is 16.5. The van der Waals surface area contributed by atoms with E-state index in [0.29, 0.717) is 6.61 Å². The van der Waals surface area contributed by atoms with Crippen molar-refractivity contribution in [2.45, 2.75) is 31.8 Å². The topological polar surface area (TPSA) is 49.8 Å². The molecule has 0 saturated carbocycles. The third-order valence-corrected chi connectivity index (χ3v) is 2.64. The number of carboxylic acids is 1. The first-order valence-electron chi connectivity index (χ1n) is 4.64. The normalized spacial score (nSPS) is 26.2. The van der Waals surface area contributed by atoms with Crippen LogP contribution in [0.3, 0.4) is 0 Å². The lowest BCUT2D eigenvalue weighted by Gasteiger charge is -2.27. The van der Waals surface area contributed by atoms with E-state index in [2.05, 4.69) is 0 Å². The number of carbonyl (C=O) groups is 1. The summed E-state index contributed by atoms with van der Waals surface area (Å²) in [4.78, 5) is 12.8. The Kier molecular flexibility index (Phi) is 3.69. The van der Waals surface area contributed by atoms with Crippen LogP contribution in [-0.2, 0) is 9.53 Å². The van der Waals surface area contributed by atoms with Crippen LogP contribution >= 0.6 is 0 Å². The maximum atomic E-state index is 10.8. The number of methoxy groups -OCH3 is 1. The van der Waals surface area contributed by atoms with Crippen LogP contribution in [0.1, 0.15) is 19.8 Å². The lowest BCUT2D eigenvalue weighted by molar-refractivity contribution is -0.143. The van der Waals surface area contributed by atoms with E-state index < -0.39 is 5.97 Å². The Hall–Kier alpha value is -0.610. The van der Waals surface area contributed by atoms with Gasteiger partial charge in [0.05, 0.1) is 6.61 Å². The van der Waals surface area contributed by atoms with E-state index in [9.17, 15) is 4.79 Å². The standard InChI is InChI=1S/C9H17NO3/c1-7(9(11)12)10-5-3-4-8(10)6-13-2/h7-8H,3-6H2,1-2H3,(H,11,12)/t7-,8+/m1/s1. The van der Waals surface area contributed by atoms with Crippen LogP contribution in [-0.4, -0.2) is 48.3 Å². The van der Waals surface area contributed by atoms with Gasteiger partial charge in [-0.15, -0.1) is 0 Å². The maximum Gasteiger partial charge on any atom is 0.320 e. The summed E-state index contributed by atoms with van der Waals surface area (Å²) in [6, 6.07) is -0.0984. The number of hydrogen-bond acceptors (Lipinski definition) is 3. The molecule has 1 N–H and O–H groups in total. The van der Waals surface area contributed by atoms with Gasteiger partial charge in [0.2, 0.25) is 0 Å². The fourth-order valence-electron chi connectivity index (χ4n) is 1.88. The molecule has 1 rings (SSSR count). The molecule has 0 amide bonds. The van der Waals surface area contributed by atoms with Gasteiger partial charge in [0.25, 0.3) is 0 Å². The predicted octanol–water partition coefficient (Wildman–Crippen LogP) is 0.570. The zero-order valence-corrected chi connectivity index (χ0v) is 8.19. The van der Waals surface area contributed by atoms with E-state index in [-0.39, 0.29) is 12.1 Å². The lowest BCUT2D eigenvalue weighted by atomic mass is 10.2. The molecule has 2 atom stereocenters. The van der Waals surface area contributed by atoms with Crippen molar-refractivity contribution in [2.24, 2.45) is 0 Å². The van der Waals surface area contributed by atoms with Gasteiger partial charge in [0.15, 0.2) is 0 Å². The molecule has 0 unspecified atom stereocenters. The number of rotatable bonds is 4. The van der Waals surface area contributed by atoms with Gasteiger partial charge in [-0.2, -0.15) is 0 Å². The molecule has 0 aromatic heterocycles. The Morgan fingerprint density at radius 3 is 3.00 bits per heavy atom. The van der Waals surface area contributed by atoms with E-state index in [1.165, 1.54) is 0 Å². The van der Waals surface area contributed by atoms with Crippen molar-refractivity contribution in [3.05, 3.63) is 0 Å². The Labute approximate surface area is 78.5 Å². The van der Waals surface area contributed by atoms with Gasteiger partial charge in [0.1, 0.15) is 6.04 Å². The molecule has 76 valence electrons. The molecule has 1 saturated heterocycles. The molecule has 0 aromatic rings. The van der Waals surface area contributed by atoms with E-state index in [0.717, 1.165) is 19.4 Å². The molecule has 0 bridgehead atoms. The molecule has 0 spiro atoms. The van der Waals surface area contributed by atoms with Crippen LogP contribution in [0.2, 0.25) is 0 Å². The van der Waals surface area contributed by atoms with Crippen molar-refractivity contribution >= 4 is 5.97 Å². The second-order valence-electron chi connectivity index (χ2n) is 3.50. The average molecular weight is 187 g/mol. The average Bonchev–Trinajstić information content (AvgIpc) is 2.52. The Morgan fingerprint density at radius 2 is 2.46 bits per heavy atom. The quantitative estimate of drug-likeness (QED) is 0.699. The highest BCUT2D eigenvalue weighted by Gasteiger charge is 2.31. The molecule has 1 aliphatic rings. The molecular formula is C9H17NO3. The van der Waals surface area contributed by atoms with Crippen molar-refractivity contribution in [3.63, 3.8) is 0 Å². The molecule has 0 aliphatic carbocycles.